The lowest BCUT2D eigenvalue weighted by molar-refractivity contribution is -0.914. The van der Waals surface area contributed by atoms with Gasteiger partial charge in [0.1, 0.15) is 12.2 Å². The molecule has 144 valence electrons. The Hall–Kier alpha value is -2.45. The molecule has 0 atom stereocenters. The molecule has 0 unspecified atom stereocenters. The molecule has 2 aromatic rings. The van der Waals surface area contributed by atoms with Crippen molar-refractivity contribution in [2.45, 2.75) is 18.4 Å². The molecule has 8 heteroatoms. The second kappa shape index (κ2) is 7.66. The number of nitro benzene ring substituents is 1. The molecular weight excluding hydrogens is 366 g/mol. The summed E-state index contributed by atoms with van der Waals surface area (Å²) in [6.45, 7) is 6.15. The molecule has 1 heterocycles. The molecule has 1 N–H and O–H groups in total. The SMILES string of the molecule is Cc1cccc(C[NH+]2CCN(c3ccc(S(C)(=O)=O)cc3[N+](=O)[O-])CC2)c1. The van der Waals surface area contributed by atoms with Crippen LogP contribution in [0.3, 0.4) is 0 Å². The molecule has 27 heavy (non-hydrogen) atoms. The molecule has 3 rings (SSSR count). The first-order valence-electron chi connectivity index (χ1n) is 8.86. The zero-order chi connectivity index (χ0) is 19.6. The number of quaternary nitrogens is 1. The normalized spacial score (nSPS) is 15.7. The van der Waals surface area contributed by atoms with Crippen LogP contribution in [-0.4, -0.2) is 45.8 Å². The highest BCUT2D eigenvalue weighted by Gasteiger charge is 2.27. The largest absolute Gasteiger partial charge is 0.355 e. The number of sulfone groups is 1. The minimum absolute atomic E-state index is 0.0262. The molecule has 1 saturated heterocycles. The Morgan fingerprint density at radius 1 is 1.15 bits per heavy atom. The summed E-state index contributed by atoms with van der Waals surface area (Å²) in [7, 11) is -3.48. The molecule has 0 saturated carbocycles. The Morgan fingerprint density at radius 3 is 2.44 bits per heavy atom. The average Bonchev–Trinajstić information content (AvgIpc) is 2.61. The van der Waals surface area contributed by atoms with E-state index >= 15 is 0 Å². The molecule has 0 bridgehead atoms. The van der Waals surface area contributed by atoms with Crippen molar-refractivity contribution in [3.05, 3.63) is 63.7 Å². The number of benzene rings is 2. The van der Waals surface area contributed by atoms with E-state index in [9.17, 15) is 18.5 Å². The third kappa shape index (κ3) is 4.64. The van der Waals surface area contributed by atoms with E-state index in [4.69, 9.17) is 0 Å². The van der Waals surface area contributed by atoms with Gasteiger partial charge in [0.25, 0.3) is 5.69 Å². The van der Waals surface area contributed by atoms with Gasteiger partial charge in [-0.15, -0.1) is 0 Å². The lowest BCUT2D eigenvalue weighted by atomic mass is 10.1. The molecule has 0 spiro atoms. The van der Waals surface area contributed by atoms with Crippen LogP contribution in [0, 0.1) is 17.0 Å². The van der Waals surface area contributed by atoms with Gasteiger partial charge in [-0.05, 0) is 19.1 Å². The number of hydrogen-bond acceptors (Lipinski definition) is 5. The van der Waals surface area contributed by atoms with Crippen molar-refractivity contribution < 1.29 is 18.2 Å². The Balaban J connectivity index is 1.73. The molecule has 7 nitrogen and oxygen atoms in total. The summed E-state index contributed by atoms with van der Waals surface area (Å²) in [4.78, 5) is 14.3. The molecule has 0 radical (unpaired) electrons. The Labute approximate surface area is 159 Å². The van der Waals surface area contributed by atoms with Crippen LogP contribution in [0.5, 0.6) is 0 Å². The van der Waals surface area contributed by atoms with Gasteiger partial charge in [-0.3, -0.25) is 10.1 Å². The van der Waals surface area contributed by atoms with Gasteiger partial charge in [-0.2, -0.15) is 0 Å². The smallest absolute Gasteiger partial charge is 0.293 e. The fraction of sp³-hybridized carbons (Fsp3) is 0.368. The third-order valence-corrected chi connectivity index (χ3v) is 6.03. The van der Waals surface area contributed by atoms with Crippen molar-refractivity contribution in [1.29, 1.82) is 0 Å². The second-order valence-electron chi connectivity index (χ2n) is 7.08. The van der Waals surface area contributed by atoms with Gasteiger partial charge in [0.05, 0.1) is 36.0 Å². The van der Waals surface area contributed by atoms with E-state index < -0.39 is 14.8 Å². The van der Waals surface area contributed by atoms with Gasteiger partial charge in [0.2, 0.25) is 0 Å². The van der Waals surface area contributed by atoms with Crippen LogP contribution < -0.4 is 9.80 Å². The van der Waals surface area contributed by atoms with Gasteiger partial charge in [-0.25, -0.2) is 8.42 Å². The van der Waals surface area contributed by atoms with Gasteiger partial charge in [0.15, 0.2) is 9.84 Å². The summed E-state index contributed by atoms with van der Waals surface area (Å²) in [5, 5.41) is 11.5. The predicted octanol–water partition coefficient (Wildman–Crippen LogP) is 1.21. The van der Waals surface area contributed by atoms with E-state index in [1.807, 2.05) is 4.90 Å². The fourth-order valence-electron chi connectivity index (χ4n) is 3.50. The maximum Gasteiger partial charge on any atom is 0.293 e. The minimum atomic E-state index is -3.48. The Morgan fingerprint density at radius 2 is 1.85 bits per heavy atom. The summed E-state index contributed by atoms with van der Waals surface area (Å²) in [5.41, 5.74) is 2.87. The first kappa shape index (κ1) is 19.3. The predicted molar refractivity (Wildman–Crippen MR) is 104 cm³/mol. The van der Waals surface area contributed by atoms with E-state index in [2.05, 4.69) is 31.2 Å². The third-order valence-electron chi connectivity index (χ3n) is 4.92. The summed E-state index contributed by atoms with van der Waals surface area (Å²) < 4.78 is 23.4. The Kier molecular flexibility index (Phi) is 5.48. The van der Waals surface area contributed by atoms with Crippen LogP contribution in [-0.2, 0) is 16.4 Å². The van der Waals surface area contributed by atoms with E-state index in [1.165, 1.54) is 22.1 Å². The highest BCUT2D eigenvalue weighted by Crippen LogP contribution is 2.30. The maximum atomic E-state index is 11.7. The number of piperazine rings is 1. The van der Waals surface area contributed by atoms with Crippen molar-refractivity contribution in [3.63, 3.8) is 0 Å². The topological polar surface area (TPSA) is 85.0 Å². The van der Waals surface area contributed by atoms with Crippen LogP contribution in [0.2, 0.25) is 0 Å². The second-order valence-corrected chi connectivity index (χ2v) is 9.10. The number of nitrogens with one attached hydrogen (secondary N) is 1. The van der Waals surface area contributed by atoms with Crippen LogP contribution in [0.15, 0.2) is 47.4 Å². The van der Waals surface area contributed by atoms with Crippen LogP contribution in [0.4, 0.5) is 11.4 Å². The van der Waals surface area contributed by atoms with Gasteiger partial charge in [0, 0.05) is 17.9 Å². The molecule has 0 amide bonds. The molecule has 0 aliphatic carbocycles. The van der Waals surface area contributed by atoms with Crippen LogP contribution in [0.25, 0.3) is 0 Å². The highest BCUT2D eigenvalue weighted by atomic mass is 32.2. The maximum absolute atomic E-state index is 11.7. The standard InChI is InChI=1S/C19H23N3O4S/c1-15-4-3-5-16(12-15)14-20-8-10-21(11-9-20)18-7-6-17(27(2,25)26)13-19(18)22(23)24/h3-7,12-13H,8-11,14H2,1-2H3/p+1. The fourth-order valence-corrected chi connectivity index (χ4v) is 4.14. The molecule has 2 aromatic carbocycles. The molecule has 1 fully saturated rings. The average molecular weight is 390 g/mol. The van der Waals surface area contributed by atoms with Crippen molar-refractivity contribution in [1.82, 2.24) is 0 Å². The number of aryl methyl sites for hydroxylation is 1. The quantitative estimate of drug-likeness (QED) is 0.613. The lowest BCUT2D eigenvalue weighted by Gasteiger charge is -2.33. The lowest BCUT2D eigenvalue weighted by Crippen LogP contribution is -3.13. The number of hydrogen-bond donors (Lipinski definition) is 1. The van der Waals surface area contributed by atoms with E-state index in [-0.39, 0.29) is 10.6 Å². The van der Waals surface area contributed by atoms with Crippen molar-refractivity contribution in [3.8, 4) is 0 Å². The zero-order valence-corrected chi connectivity index (χ0v) is 16.3. The first-order chi connectivity index (χ1) is 12.7. The summed E-state index contributed by atoms with van der Waals surface area (Å²) in [6.07, 6.45) is 1.05. The molecule has 1 aliphatic rings. The van der Waals surface area contributed by atoms with Crippen molar-refractivity contribution in [2.24, 2.45) is 0 Å². The van der Waals surface area contributed by atoms with E-state index in [1.54, 1.807) is 6.07 Å². The molecule has 0 aromatic heterocycles. The van der Waals surface area contributed by atoms with Gasteiger partial charge in [-0.1, -0.05) is 29.8 Å². The van der Waals surface area contributed by atoms with Crippen molar-refractivity contribution >= 4 is 21.2 Å². The molecule has 1 aliphatic heterocycles. The van der Waals surface area contributed by atoms with Crippen LogP contribution in [0.1, 0.15) is 11.1 Å². The summed E-state index contributed by atoms with van der Waals surface area (Å²) in [5.74, 6) is 0. The number of nitro groups is 1. The number of anilines is 1. The highest BCUT2D eigenvalue weighted by molar-refractivity contribution is 7.90. The summed E-state index contributed by atoms with van der Waals surface area (Å²) in [6, 6.07) is 12.6. The Bertz CT molecular complexity index is 951. The van der Waals surface area contributed by atoms with E-state index in [0.29, 0.717) is 18.8 Å². The van der Waals surface area contributed by atoms with Crippen molar-refractivity contribution in [2.75, 3.05) is 37.3 Å². The number of nitrogens with zero attached hydrogens (tertiary/aromatic N) is 2. The molecular formula is C19H24N3O4S+. The zero-order valence-electron chi connectivity index (χ0n) is 15.5. The van der Waals surface area contributed by atoms with E-state index in [0.717, 1.165) is 32.0 Å². The van der Waals surface area contributed by atoms with Crippen LogP contribution >= 0.6 is 0 Å². The minimum Gasteiger partial charge on any atom is -0.355 e. The van der Waals surface area contributed by atoms with Gasteiger partial charge >= 0.3 is 0 Å². The monoisotopic (exact) mass is 390 g/mol. The first-order valence-corrected chi connectivity index (χ1v) is 10.8. The summed E-state index contributed by atoms with van der Waals surface area (Å²) >= 11 is 0. The number of rotatable bonds is 5. The van der Waals surface area contributed by atoms with Gasteiger partial charge < -0.3 is 9.80 Å².